The van der Waals surface area contributed by atoms with Gasteiger partial charge in [-0.25, -0.2) is 18.5 Å². The molecule has 0 heterocycles. The fraction of sp³-hybridized carbons (Fsp3) is 0. The van der Waals surface area contributed by atoms with Crippen LogP contribution >= 0.6 is 0 Å². The SMILES string of the molecule is C=NC(=O)c1cccc(-c2ccccc2)c1S(N)(=O)=O. The number of benzene rings is 2. The molecule has 0 saturated heterocycles. The second kappa shape index (κ2) is 5.36. The van der Waals surface area contributed by atoms with E-state index in [0.29, 0.717) is 11.1 Å². The van der Waals surface area contributed by atoms with E-state index >= 15 is 0 Å². The summed E-state index contributed by atoms with van der Waals surface area (Å²) in [6.45, 7) is 3.13. The first-order valence-corrected chi connectivity index (χ1v) is 7.22. The first kappa shape index (κ1) is 14.1. The summed E-state index contributed by atoms with van der Waals surface area (Å²) in [6, 6.07) is 13.3. The molecule has 2 rings (SSSR count). The van der Waals surface area contributed by atoms with Crippen molar-refractivity contribution in [1.29, 1.82) is 0 Å². The van der Waals surface area contributed by atoms with Crippen LogP contribution in [0.1, 0.15) is 10.4 Å². The molecule has 0 aromatic heterocycles. The fourth-order valence-electron chi connectivity index (χ4n) is 1.94. The second-order valence-electron chi connectivity index (χ2n) is 4.06. The van der Waals surface area contributed by atoms with Crippen molar-refractivity contribution < 1.29 is 13.2 Å². The molecule has 0 unspecified atom stereocenters. The van der Waals surface area contributed by atoms with E-state index in [4.69, 9.17) is 5.14 Å². The molecule has 0 atom stereocenters. The van der Waals surface area contributed by atoms with Gasteiger partial charge in [0.1, 0.15) is 4.90 Å². The van der Waals surface area contributed by atoms with Crippen molar-refractivity contribution in [3.8, 4) is 11.1 Å². The molecule has 1 amide bonds. The van der Waals surface area contributed by atoms with Gasteiger partial charge >= 0.3 is 0 Å². The Labute approximate surface area is 116 Å². The third-order valence-corrected chi connectivity index (χ3v) is 3.77. The van der Waals surface area contributed by atoms with Crippen molar-refractivity contribution in [2.75, 3.05) is 0 Å². The smallest absolute Gasteiger partial charge is 0.267 e. The van der Waals surface area contributed by atoms with E-state index < -0.39 is 15.9 Å². The fourth-order valence-corrected chi connectivity index (χ4v) is 2.90. The monoisotopic (exact) mass is 288 g/mol. The predicted molar refractivity (Wildman–Crippen MR) is 77.1 cm³/mol. The highest BCUT2D eigenvalue weighted by Gasteiger charge is 2.23. The van der Waals surface area contributed by atoms with Crippen LogP contribution in [0.3, 0.4) is 0 Å². The number of hydrogen-bond acceptors (Lipinski definition) is 3. The molecule has 0 aliphatic carbocycles. The molecule has 0 saturated carbocycles. The Morgan fingerprint density at radius 3 is 2.25 bits per heavy atom. The quantitative estimate of drug-likeness (QED) is 0.874. The third-order valence-electron chi connectivity index (χ3n) is 2.76. The lowest BCUT2D eigenvalue weighted by atomic mass is 10.0. The number of sulfonamides is 1. The largest absolute Gasteiger partial charge is 0.277 e. The molecule has 6 heteroatoms. The van der Waals surface area contributed by atoms with Crippen LogP contribution < -0.4 is 5.14 Å². The number of rotatable bonds is 3. The topological polar surface area (TPSA) is 89.6 Å². The van der Waals surface area contributed by atoms with E-state index in [1.54, 1.807) is 42.5 Å². The van der Waals surface area contributed by atoms with Gasteiger partial charge in [-0.3, -0.25) is 4.79 Å². The summed E-state index contributed by atoms with van der Waals surface area (Å²) in [7, 11) is -4.08. The van der Waals surface area contributed by atoms with Crippen molar-refractivity contribution >= 4 is 22.6 Å². The van der Waals surface area contributed by atoms with Gasteiger partial charge in [0.05, 0.1) is 5.56 Å². The molecule has 0 spiro atoms. The normalized spacial score (nSPS) is 11.1. The summed E-state index contributed by atoms with van der Waals surface area (Å²) in [6.07, 6.45) is 0. The Hall–Kier alpha value is -2.31. The molecule has 0 aliphatic heterocycles. The van der Waals surface area contributed by atoms with E-state index in [0.717, 1.165) is 0 Å². The highest BCUT2D eigenvalue weighted by molar-refractivity contribution is 7.89. The van der Waals surface area contributed by atoms with Crippen LogP contribution in [0.25, 0.3) is 11.1 Å². The Morgan fingerprint density at radius 1 is 1.05 bits per heavy atom. The maximum Gasteiger partial charge on any atom is 0.277 e. The lowest BCUT2D eigenvalue weighted by molar-refractivity contribution is 0.100. The minimum atomic E-state index is -4.08. The summed E-state index contributed by atoms with van der Waals surface area (Å²) in [4.78, 5) is 14.7. The zero-order valence-corrected chi connectivity index (χ0v) is 11.3. The Balaban J connectivity index is 2.83. The van der Waals surface area contributed by atoms with Gasteiger partial charge in [-0.15, -0.1) is 0 Å². The highest BCUT2D eigenvalue weighted by Crippen LogP contribution is 2.29. The molecular weight excluding hydrogens is 276 g/mol. The molecule has 5 nitrogen and oxygen atoms in total. The van der Waals surface area contributed by atoms with E-state index in [9.17, 15) is 13.2 Å². The molecular formula is C14H12N2O3S. The predicted octanol–water partition coefficient (Wildman–Crippen LogP) is 1.84. The number of nitrogens with two attached hydrogens (primary N) is 1. The van der Waals surface area contributed by atoms with Crippen LogP contribution in [0.5, 0.6) is 0 Å². The molecule has 102 valence electrons. The summed E-state index contributed by atoms with van der Waals surface area (Å²) in [5.41, 5.74) is 0.932. The molecule has 2 N–H and O–H groups in total. The first-order valence-electron chi connectivity index (χ1n) is 5.67. The van der Waals surface area contributed by atoms with Crippen LogP contribution in [0.2, 0.25) is 0 Å². The maximum absolute atomic E-state index is 11.8. The van der Waals surface area contributed by atoms with Crippen LogP contribution in [-0.4, -0.2) is 21.0 Å². The van der Waals surface area contributed by atoms with Crippen LogP contribution in [-0.2, 0) is 10.0 Å². The molecule has 2 aromatic rings. The number of primary sulfonamides is 1. The minimum absolute atomic E-state index is 0.0798. The zero-order chi connectivity index (χ0) is 14.8. The van der Waals surface area contributed by atoms with E-state index in [1.807, 2.05) is 0 Å². The van der Waals surface area contributed by atoms with E-state index in [1.165, 1.54) is 6.07 Å². The molecule has 0 radical (unpaired) electrons. The first-order chi connectivity index (χ1) is 9.45. The van der Waals surface area contributed by atoms with E-state index in [-0.39, 0.29) is 10.5 Å². The van der Waals surface area contributed by atoms with Crippen LogP contribution in [0, 0.1) is 0 Å². The van der Waals surface area contributed by atoms with Crippen molar-refractivity contribution in [1.82, 2.24) is 0 Å². The summed E-state index contributed by atoms with van der Waals surface area (Å²) >= 11 is 0. The van der Waals surface area contributed by atoms with Crippen molar-refractivity contribution in [3.05, 3.63) is 54.1 Å². The zero-order valence-electron chi connectivity index (χ0n) is 10.5. The number of aliphatic imine (C=N–C) groups is 1. The average Bonchev–Trinajstić information content (AvgIpc) is 2.45. The molecule has 2 aromatic carbocycles. The molecule has 0 bridgehead atoms. The Bertz CT molecular complexity index is 768. The Kier molecular flexibility index (Phi) is 3.78. The molecule has 0 fully saturated rings. The highest BCUT2D eigenvalue weighted by atomic mass is 32.2. The number of carbonyl (C=O) groups is 1. The van der Waals surface area contributed by atoms with Gasteiger partial charge in [0.2, 0.25) is 10.0 Å². The van der Waals surface area contributed by atoms with E-state index in [2.05, 4.69) is 11.7 Å². The van der Waals surface area contributed by atoms with Gasteiger partial charge in [-0.2, -0.15) is 0 Å². The third kappa shape index (κ3) is 2.66. The van der Waals surface area contributed by atoms with Crippen LogP contribution in [0.15, 0.2) is 58.4 Å². The standard InChI is InChI=1S/C14H12N2O3S/c1-16-14(17)12-9-5-8-11(13(12)20(15,18)19)10-6-3-2-4-7-10/h2-9H,1H2,(H2,15,18,19). The van der Waals surface area contributed by atoms with Crippen molar-refractivity contribution in [3.63, 3.8) is 0 Å². The minimum Gasteiger partial charge on any atom is -0.267 e. The lowest BCUT2D eigenvalue weighted by Gasteiger charge is -2.11. The van der Waals surface area contributed by atoms with Gasteiger partial charge < -0.3 is 0 Å². The van der Waals surface area contributed by atoms with Gasteiger partial charge in [0.15, 0.2) is 0 Å². The van der Waals surface area contributed by atoms with Crippen molar-refractivity contribution in [2.45, 2.75) is 4.90 Å². The lowest BCUT2D eigenvalue weighted by Crippen LogP contribution is -2.17. The summed E-state index contributed by atoms with van der Waals surface area (Å²) < 4.78 is 23.7. The molecule has 20 heavy (non-hydrogen) atoms. The summed E-state index contributed by atoms with van der Waals surface area (Å²) in [5, 5.41) is 5.25. The number of carbonyl (C=O) groups excluding carboxylic acids is 1. The van der Waals surface area contributed by atoms with Crippen molar-refractivity contribution in [2.24, 2.45) is 10.1 Å². The number of amides is 1. The molecule has 0 aliphatic rings. The van der Waals surface area contributed by atoms with Crippen LogP contribution in [0.4, 0.5) is 0 Å². The number of hydrogen-bond donors (Lipinski definition) is 1. The summed E-state index contributed by atoms with van der Waals surface area (Å²) in [5.74, 6) is -0.730. The van der Waals surface area contributed by atoms with Gasteiger partial charge in [0.25, 0.3) is 5.91 Å². The van der Waals surface area contributed by atoms with Gasteiger partial charge in [-0.05, 0) is 18.3 Å². The maximum atomic E-state index is 11.8. The number of nitrogens with zero attached hydrogens (tertiary/aromatic N) is 1. The Morgan fingerprint density at radius 2 is 1.70 bits per heavy atom. The van der Waals surface area contributed by atoms with Gasteiger partial charge in [-0.1, -0.05) is 42.5 Å². The van der Waals surface area contributed by atoms with Gasteiger partial charge in [0, 0.05) is 5.56 Å². The average molecular weight is 288 g/mol. The second-order valence-corrected chi connectivity index (χ2v) is 5.55.